The minimum Gasteiger partial charge on any atom is -0.377 e. The van der Waals surface area contributed by atoms with Crippen LogP contribution in [0.2, 0.25) is 5.02 Å². The van der Waals surface area contributed by atoms with Crippen LogP contribution < -0.4 is 10.2 Å². The van der Waals surface area contributed by atoms with E-state index in [4.69, 9.17) is 11.6 Å². The molecule has 0 unspecified atom stereocenters. The molecule has 3 rings (SSSR count). The summed E-state index contributed by atoms with van der Waals surface area (Å²) in [5.74, 6) is 0.122. The number of amides is 2. The molecule has 2 aromatic carbocycles. The molecule has 2 aromatic rings. The van der Waals surface area contributed by atoms with Crippen molar-refractivity contribution in [1.82, 2.24) is 4.90 Å². The summed E-state index contributed by atoms with van der Waals surface area (Å²) in [6.07, 6.45) is 2.75. The predicted molar refractivity (Wildman–Crippen MR) is 123 cm³/mol. The lowest BCUT2D eigenvalue weighted by Crippen LogP contribution is -2.38. The van der Waals surface area contributed by atoms with Crippen LogP contribution in [0, 0.1) is 5.92 Å². The Morgan fingerprint density at radius 3 is 2.47 bits per heavy atom. The van der Waals surface area contributed by atoms with E-state index >= 15 is 0 Å². The number of rotatable bonds is 8. The van der Waals surface area contributed by atoms with E-state index in [0.29, 0.717) is 17.1 Å². The summed E-state index contributed by atoms with van der Waals surface area (Å²) in [7, 11) is 3.95. The van der Waals surface area contributed by atoms with Crippen LogP contribution in [0.4, 0.5) is 11.4 Å². The Kier molecular flexibility index (Phi) is 7.03. The van der Waals surface area contributed by atoms with Crippen LogP contribution in [0.15, 0.2) is 42.5 Å². The summed E-state index contributed by atoms with van der Waals surface area (Å²) >= 11 is 6.31. The third-order valence-electron chi connectivity index (χ3n) is 5.61. The molecule has 0 saturated heterocycles. The van der Waals surface area contributed by atoms with Crippen LogP contribution >= 0.6 is 11.6 Å². The van der Waals surface area contributed by atoms with Gasteiger partial charge in [-0.25, -0.2) is 0 Å². The first-order valence-electron chi connectivity index (χ1n) is 10.5. The molecule has 160 valence electrons. The summed E-state index contributed by atoms with van der Waals surface area (Å²) in [6.45, 7) is 4.54. The van der Waals surface area contributed by atoms with Crippen molar-refractivity contribution < 1.29 is 9.59 Å². The van der Waals surface area contributed by atoms with E-state index in [1.54, 1.807) is 12.1 Å². The second-order valence-corrected chi connectivity index (χ2v) is 8.58. The van der Waals surface area contributed by atoms with Gasteiger partial charge < -0.3 is 15.1 Å². The number of nitrogens with zero attached hydrogens (tertiary/aromatic N) is 2. The van der Waals surface area contributed by atoms with Crippen molar-refractivity contribution in [2.75, 3.05) is 24.3 Å². The van der Waals surface area contributed by atoms with E-state index in [9.17, 15) is 9.59 Å². The number of benzene rings is 2. The van der Waals surface area contributed by atoms with E-state index in [1.165, 1.54) is 0 Å². The normalized spacial score (nSPS) is 14.2. The van der Waals surface area contributed by atoms with Crippen molar-refractivity contribution in [2.45, 2.75) is 45.7 Å². The molecule has 0 spiro atoms. The average molecular weight is 428 g/mol. The second kappa shape index (κ2) is 9.52. The predicted octanol–water partition coefficient (Wildman–Crippen LogP) is 5.20. The van der Waals surface area contributed by atoms with E-state index < -0.39 is 0 Å². The number of carbonyl (C=O) groups excluding carboxylic acids is 2. The summed E-state index contributed by atoms with van der Waals surface area (Å²) in [6, 6.07) is 13.1. The molecular formula is C24H30ClN3O2. The summed E-state index contributed by atoms with van der Waals surface area (Å²) in [5, 5.41) is 3.47. The van der Waals surface area contributed by atoms with Crippen LogP contribution in [0.25, 0.3) is 0 Å². The first kappa shape index (κ1) is 22.2. The number of halogens is 1. The number of anilines is 2. The van der Waals surface area contributed by atoms with Crippen LogP contribution in [0.3, 0.4) is 0 Å². The SMILES string of the molecule is CC[C@H](C)N(Cc1cc(NC(=O)C2CC2)ccc1N(C)C)C(=O)c1ccccc1Cl. The Balaban J connectivity index is 1.92. The lowest BCUT2D eigenvalue weighted by molar-refractivity contribution is -0.117. The smallest absolute Gasteiger partial charge is 0.255 e. The molecule has 0 bridgehead atoms. The van der Waals surface area contributed by atoms with Gasteiger partial charge in [0.25, 0.3) is 5.91 Å². The molecule has 0 radical (unpaired) electrons. The number of nitrogens with one attached hydrogen (secondary N) is 1. The Labute approximate surface area is 184 Å². The van der Waals surface area contributed by atoms with Gasteiger partial charge in [-0.05, 0) is 62.1 Å². The molecule has 30 heavy (non-hydrogen) atoms. The number of hydrogen-bond donors (Lipinski definition) is 1. The molecule has 6 heteroatoms. The molecule has 1 atom stereocenters. The van der Waals surface area contributed by atoms with Crippen molar-refractivity contribution in [2.24, 2.45) is 5.92 Å². The maximum absolute atomic E-state index is 13.4. The molecular weight excluding hydrogens is 398 g/mol. The van der Waals surface area contributed by atoms with Crippen LogP contribution in [0.5, 0.6) is 0 Å². The molecule has 0 aliphatic heterocycles. The molecule has 5 nitrogen and oxygen atoms in total. The fourth-order valence-electron chi connectivity index (χ4n) is 3.44. The van der Waals surface area contributed by atoms with Crippen LogP contribution in [-0.2, 0) is 11.3 Å². The monoisotopic (exact) mass is 427 g/mol. The maximum Gasteiger partial charge on any atom is 0.255 e. The Morgan fingerprint density at radius 1 is 1.17 bits per heavy atom. The highest BCUT2D eigenvalue weighted by Gasteiger charge is 2.30. The summed E-state index contributed by atoms with van der Waals surface area (Å²) < 4.78 is 0. The highest BCUT2D eigenvalue weighted by molar-refractivity contribution is 6.33. The lowest BCUT2D eigenvalue weighted by Gasteiger charge is -2.31. The van der Waals surface area contributed by atoms with Gasteiger partial charge >= 0.3 is 0 Å². The molecule has 2 amide bonds. The zero-order valence-corrected chi connectivity index (χ0v) is 18.9. The summed E-state index contributed by atoms with van der Waals surface area (Å²) in [4.78, 5) is 29.5. The second-order valence-electron chi connectivity index (χ2n) is 8.17. The summed E-state index contributed by atoms with van der Waals surface area (Å²) in [5.41, 5.74) is 3.26. The Bertz CT molecular complexity index is 924. The number of hydrogen-bond acceptors (Lipinski definition) is 3. The lowest BCUT2D eigenvalue weighted by atomic mass is 10.1. The highest BCUT2D eigenvalue weighted by Crippen LogP contribution is 2.32. The van der Waals surface area contributed by atoms with Gasteiger partial charge in [0.05, 0.1) is 10.6 Å². The topological polar surface area (TPSA) is 52.7 Å². The maximum atomic E-state index is 13.4. The molecule has 1 fully saturated rings. The van der Waals surface area contributed by atoms with Gasteiger partial charge in [-0.3, -0.25) is 9.59 Å². The molecule has 0 heterocycles. The quantitative estimate of drug-likeness (QED) is 0.630. The van der Waals surface area contributed by atoms with Gasteiger partial charge in [0.1, 0.15) is 0 Å². The molecule has 0 aromatic heterocycles. The molecule has 1 aliphatic carbocycles. The third-order valence-corrected chi connectivity index (χ3v) is 5.94. The Hall–Kier alpha value is -2.53. The minimum absolute atomic E-state index is 0.0356. The molecule has 1 saturated carbocycles. The van der Waals surface area contributed by atoms with E-state index in [2.05, 4.69) is 12.2 Å². The minimum atomic E-state index is -0.0907. The first-order chi connectivity index (χ1) is 14.3. The molecule has 1 aliphatic rings. The van der Waals surface area contributed by atoms with Crippen molar-refractivity contribution in [3.63, 3.8) is 0 Å². The zero-order valence-electron chi connectivity index (χ0n) is 18.1. The van der Waals surface area contributed by atoms with Gasteiger partial charge in [0, 0.05) is 44.0 Å². The van der Waals surface area contributed by atoms with E-state index in [1.807, 2.05) is 61.2 Å². The fourth-order valence-corrected chi connectivity index (χ4v) is 3.65. The zero-order chi connectivity index (χ0) is 21.8. The largest absolute Gasteiger partial charge is 0.377 e. The van der Waals surface area contributed by atoms with Crippen molar-refractivity contribution in [3.8, 4) is 0 Å². The number of carbonyl (C=O) groups is 2. The van der Waals surface area contributed by atoms with Gasteiger partial charge in [-0.2, -0.15) is 0 Å². The average Bonchev–Trinajstić information content (AvgIpc) is 3.57. The van der Waals surface area contributed by atoms with E-state index in [0.717, 1.165) is 36.2 Å². The fraction of sp³-hybridized carbons (Fsp3) is 0.417. The van der Waals surface area contributed by atoms with Crippen LogP contribution in [0.1, 0.15) is 49.0 Å². The van der Waals surface area contributed by atoms with E-state index in [-0.39, 0.29) is 23.8 Å². The van der Waals surface area contributed by atoms with Crippen molar-refractivity contribution >= 4 is 34.8 Å². The first-order valence-corrected chi connectivity index (χ1v) is 10.9. The standard InChI is InChI=1S/C24H30ClN3O2/c1-5-16(2)28(24(30)20-8-6-7-9-21(20)25)15-18-14-19(12-13-22(18)27(3)4)26-23(29)17-10-11-17/h6-9,12-14,16-17H,5,10-11,15H2,1-4H3,(H,26,29)/t16-/m0/s1. The van der Waals surface area contributed by atoms with Gasteiger partial charge in [0.2, 0.25) is 5.91 Å². The van der Waals surface area contributed by atoms with Gasteiger partial charge in [-0.15, -0.1) is 0 Å². The Morgan fingerprint density at radius 2 is 1.87 bits per heavy atom. The van der Waals surface area contributed by atoms with Crippen LogP contribution in [-0.4, -0.2) is 36.9 Å². The van der Waals surface area contributed by atoms with Crippen molar-refractivity contribution in [1.29, 1.82) is 0 Å². The molecule has 1 N–H and O–H groups in total. The van der Waals surface area contributed by atoms with Crippen molar-refractivity contribution in [3.05, 3.63) is 58.6 Å². The van der Waals surface area contributed by atoms with Gasteiger partial charge in [0.15, 0.2) is 0 Å². The third kappa shape index (κ3) is 5.14. The van der Waals surface area contributed by atoms with Gasteiger partial charge in [-0.1, -0.05) is 30.7 Å². The highest BCUT2D eigenvalue weighted by atomic mass is 35.5.